The minimum Gasteiger partial charge on any atom is -0.384 e. The molecule has 2 aromatic rings. The lowest BCUT2D eigenvalue weighted by molar-refractivity contribution is -0.385. The smallest absolute Gasteiger partial charge is 0.339 e. The Bertz CT molecular complexity index is 786. The van der Waals surface area contributed by atoms with Crippen molar-refractivity contribution < 1.29 is 22.3 Å². The predicted octanol–water partition coefficient (Wildman–Crippen LogP) is 2.55. The summed E-state index contributed by atoms with van der Waals surface area (Å²) in [6, 6.07) is 11.2. The Morgan fingerprint density at radius 2 is 1.83 bits per heavy atom. The molecule has 7 nitrogen and oxygen atoms in total. The van der Waals surface area contributed by atoms with Crippen LogP contribution in [0.2, 0.25) is 0 Å². The van der Waals surface area contributed by atoms with Gasteiger partial charge >= 0.3 is 10.1 Å². The first-order chi connectivity index (χ1) is 10.9. The van der Waals surface area contributed by atoms with Crippen LogP contribution >= 0.6 is 0 Å². The molecule has 0 fully saturated rings. The number of ether oxygens (including phenoxy) is 1. The standard InChI is InChI=1S/C15H15NO6S/c1-21-10-9-12-5-7-14(8-6-12)22-23(19,20)15-4-2-3-13(11-15)16(17)18/h2-8,11H,9-10H2,1H3. The third-order valence-electron chi connectivity index (χ3n) is 3.04. The quantitative estimate of drug-likeness (QED) is 0.438. The molecule has 0 aliphatic carbocycles. The lowest BCUT2D eigenvalue weighted by Crippen LogP contribution is -2.10. The van der Waals surface area contributed by atoms with Crippen LogP contribution in [0.25, 0.3) is 0 Å². The van der Waals surface area contributed by atoms with E-state index >= 15 is 0 Å². The number of nitrogens with zero attached hydrogens (tertiary/aromatic N) is 1. The Balaban J connectivity index is 2.17. The lowest BCUT2D eigenvalue weighted by atomic mass is 10.1. The highest BCUT2D eigenvalue weighted by Gasteiger charge is 2.19. The van der Waals surface area contributed by atoms with E-state index in [0.29, 0.717) is 13.0 Å². The zero-order valence-corrected chi connectivity index (χ0v) is 13.2. The Morgan fingerprint density at radius 1 is 1.13 bits per heavy atom. The molecule has 0 aromatic heterocycles. The second-order valence-electron chi connectivity index (χ2n) is 4.68. The van der Waals surface area contributed by atoms with Gasteiger partial charge in [-0.1, -0.05) is 18.2 Å². The first kappa shape index (κ1) is 16.9. The average Bonchev–Trinajstić information content (AvgIpc) is 2.54. The molecule has 8 heteroatoms. The number of nitro groups is 1. The number of rotatable bonds is 7. The van der Waals surface area contributed by atoms with Crippen LogP contribution in [0.15, 0.2) is 53.4 Å². The molecule has 0 amide bonds. The fraction of sp³-hybridized carbons (Fsp3) is 0.200. The average molecular weight is 337 g/mol. The summed E-state index contributed by atoms with van der Waals surface area (Å²) < 4.78 is 34.3. The number of benzene rings is 2. The van der Waals surface area contributed by atoms with Crippen molar-refractivity contribution in [3.63, 3.8) is 0 Å². The number of methoxy groups -OCH3 is 1. The molecule has 0 saturated carbocycles. The van der Waals surface area contributed by atoms with Crippen LogP contribution in [0.4, 0.5) is 5.69 Å². The zero-order valence-electron chi connectivity index (χ0n) is 12.3. The Kier molecular flexibility index (Phi) is 5.30. The molecule has 122 valence electrons. The summed E-state index contributed by atoms with van der Waals surface area (Å²) in [5, 5.41) is 10.7. The van der Waals surface area contributed by atoms with E-state index in [2.05, 4.69) is 0 Å². The van der Waals surface area contributed by atoms with E-state index in [0.717, 1.165) is 11.6 Å². The van der Waals surface area contributed by atoms with Crippen LogP contribution in [0, 0.1) is 10.1 Å². The summed E-state index contributed by atoms with van der Waals surface area (Å²) in [5.41, 5.74) is 0.663. The van der Waals surface area contributed by atoms with Gasteiger partial charge in [0.25, 0.3) is 5.69 Å². The summed E-state index contributed by atoms with van der Waals surface area (Å²) in [5.74, 6) is 0.137. The molecular weight excluding hydrogens is 322 g/mol. The monoisotopic (exact) mass is 337 g/mol. The molecule has 0 radical (unpaired) electrons. The van der Waals surface area contributed by atoms with E-state index in [1.165, 1.54) is 30.3 Å². The Hall–Kier alpha value is -2.45. The molecule has 23 heavy (non-hydrogen) atoms. The van der Waals surface area contributed by atoms with E-state index in [4.69, 9.17) is 8.92 Å². The van der Waals surface area contributed by atoms with Crippen LogP contribution in [0.5, 0.6) is 5.75 Å². The highest BCUT2D eigenvalue weighted by atomic mass is 32.2. The van der Waals surface area contributed by atoms with Crippen LogP contribution < -0.4 is 4.18 Å². The maximum absolute atomic E-state index is 12.2. The number of hydrogen-bond donors (Lipinski definition) is 0. The number of non-ortho nitro benzene ring substituents is 1. The van der Waals surface area contributed by atoms with Crippen molar-refractivity contribution >= 4 is 15.8 Å². The third-order valence-corrected chi connectivity index (χ3v) is 4.28. The van der Waals surface area contributed by atoms with Gasteiger partial charge in [0.1, 0.15) is 10.6 Å². The highest BCUT2D eigenvalue weighted by molar-refractivity contribution is 7.87. The molecule has 2 aromatic carbocycles. The fourth-order valence-electron chi connectivity index (χ4n) is 1.86. The maximum atomic E-state index is 12.2. The second kappa shape index (κ2) is 7.21. The van der Waals surface area contributed by atoms with E-state index in [1.54, 1.807) is 19.2 Å². The first-order valence-corrected chi connectivity index (χ1v) is 8.10. The minimum atomic E-state index is -4.13. The van der Waals surface area contributed by atoms with Gasteiger partial charge in [0, 0.05) is 19.2 Å². The van der Waals surface area contributed by atoms with Gasteiger partial charge in [-0.3, -0.25) is 10.1 Å². The normalized spacial score (nSPS) is 11.2. The van der Waals surface area contributed by atoms with Crippen molar-refractivity contribution in [1.82, 2.24) is 0 Å². The fourth-order valence-corrected chi connectivity index (χ4v) is 2.83. The first-order valence-electron chi connectivity index (χ1n) is 6.69. The molecule has 0 aliphatic heterocycles. The predicted molar refractivity (Wildman–Crippen MR) is 82.9 cm³/mol. The molecule has 0 spiro atoms. The summed E-state index contributed by atoms with van der Waals surface area (Å²) in [6.07, 6.45) is 0.703. The molecule has 0 heterocycles. The zero-order chi connectivity index (χ0) is 16.9. The molecular formula is C15H15NO6S. The van der Waals surface area contributed by atoms with Gasteiger partial charge in [-0.2, -0.15) is 8.42 Å². The van der Waals surface area contributed by atoms with Crippen LogP contribution in [0.1, 0.15) is 5.56 Å². The van der Waals surface area contributed by atoms with Crippen molar-refractivity contribution in [2.24, 2.45) is 0 Å². The topological polar surface area (TPSA) is 95.7 Å². The van der Waals surface area contributed by atoms with Crippen molar-refractivity contribution in [2.45, 2.75) is 11.3 Å². The molecule has 0 unspecified atom stereocenters. The largest absolute Gasteiger partial charge is 0.384 e. The van der Waals surface area contributed by atoms with Crippen molar-refractivity contribution in [3.05, 3.63) is 64.2 Å². The summed E-state index contributed by atoms with van der Waals surface area (Å²) in [7, 11) is -2.53. The van der Waals surface area contributed by atoms with Crippen LogP contribution in [0.3, 0.4) is 0 Å². The SMILES string of the molecule is COCCc1ccc(OS(=O)(=O)c2cccc([N+](=O)[O-])c2)cc1. The third kappa shape index (κ3) is 4.51. The molecule has 2 rings (SSSR count). The van der Waals surface area contributed by atoms with Gasteiger partial charge in [-0.15, -0.1) is 0 Å². The summed E-state index contributed by atoms with van der Waals surface area (Å²) in [6.45, 7) is 0.562. The molecule has 0 bridgehead atoms. The molecule has 0 saturated heterocycles. The highest BCUT2D eigenvalue weighted by Crippen LogP contribution is 2.22. The van der Waals surface area contributed by atoms with E-state index in [-0.39, 0.29) is 16.3 Å². The van der Waals surface area contributed by atoms with Gasteiger partial charge in [-0.25, -0.2) is 0 Å². The van der Waals surface area contributed by atoms with E-state index in [1.807, 2.05) is 0 Å². The van der Waals surface area contributed by atoms with Gasteiger partial charge in [-0.05, 0) is 30.2 Å². The molecule has 0 N–H and O–H groups in total. The number of nitro benzene ring substituents is 1. The Morgan fingerprint density at radius 3 is 2.43 bits per heavy atom. The molecule has 0 atom stereocenters. The lowest BCUT2D eigenvalue weighted by Gasteiger charge is -2.08. The van der Waals surface area contributed by atoms with E-state index < -0.39 is 15.0 Å². The second-order valence-corrected chi connectivity index (χ2v) is 6.22. The van der Waals surface area contributed by atoms with Crippen molar-refractivity contribution in [1.29, 1.82) is 0 Å². The van der Waals surface area contributed by atoms with Crippen LogP contribution in [-0.4, -0.2) is 27.1 Å². The van der Waals surface area contributed by atoms with Gasteiger partial charge < -0.3 is 8.92 Å². The molecule has 0 aliphatic rings. The van der Waals surface area contributed by atoms with Crippen molar-refractivity contribution in [2.75, 3.05) is 13.7 Å². The minimum absolute atomic E-state index is 0.137. The van der Waals surface area contributed by atoms with Gasteiger partial charge in [0.2, 0.25) is 0 Å². The maximum Gasteiger partial charge on any atom is 0.339 e. The van der Waals surface area contributed by atoms with Crippen LogP contribution in [-0.2, 0) is 21.3 Å². The van der Waals surface area contributed by atoms with Gasteiger partial charge in [0.05, 0.1) is 11.5 Å². The summed E-state index contributed by atoms with van der Waals surface area (Å²) in [4.78, 5) is 9.79. The summed E-state index contributed by atoms with van der Waals surface area (Å²) >= 11 is 0. The van der Waals surface area contributed by atoms with Gasteiger partial charge in [0.15, 0.2) is 0 Å². The van der Waals surface area contributed by atoms with Crippen molar-refractivity contribution in [3.8, 4) is 5.75 Å². The number of hydrogen-bond acceptors (Lipinski definition) is 6. The van der Waals surface area contributed by atoms with E-state index in [9.17, 15) is 18.5 Å². The Labute approximate surface area is 133 Å².